The summed E-state index contributed by atoms with van der Waals surface area (Å²) in [5.74, 6) is 0.689. The number of ether oxygens (including phenoxy) is 1. The largest absolute Gasteiger partial charge is 0.468 e. The van der Waals surface area contributed by atoms with Gasteiger partial charge in [-0.2, -0.15) is 0 Å². The Bertz CT molecular complexity index is 229. The summed E-state index contributed by atoms with van der Waals surface area (Å²) in [6.07, 6.45) is 2.31. The van der Waals surface area contributed by atoms with Crippen molar-refractivity contribution in [1.82, 2.24) is 10.6 Å². The van der Waals surface area contributed by atoms with Crippen LogP contribution >= 0.6 is 11.8 Å². The minimum Gasteiger partial charge on any atom is -0.468 e. The van der Waals surface area contributed by atoms with Crippen molar-refractivity contribution in [2.75, 3.05) is 26.0 Å². The van der Waals surface area contributed by atoms with Crippen molar-refractivity contribution in [3.8, 4) is 0 Å². The predicted octanol–water partition coefficient (Wildman–Crippen LogP) is -0.0559. The van der Waals surface area contributed by atoms with Crippen molar-refractivity contribution in [1.29, 1.82) is 0 Å². The average Bonchev–Trinajstić information content (AvgIpc) is 2.62. The molecule has 0 radical (unpaired) electrons. The van der Waals surface area contributed by atoms with Crippen molar-refractivity contribution in [3.05, 3.63) is 0 Å². The lowest BCUT2D eigenvalue weighted by molar-refractivity contribution is -0.142. The summed E-state index contributed by atoms with van der Waals surface area (Å²) in [5.41, 5.74) is 0. The van der Waals surface area contributed by atoms with Crippen molar-refractivity contribution in [2.24, 2.45) is 0 Å². The van der Waals surface area contributed by atoms with E-state index in [0.29, 0.717) is 0 Å². The molecule has 2 rings (SSSR count). The summed E-state index contributed by atoms with van der Waals surface area (Å²) in [6.45, 7) is 2.04. The molecule has 2 heterocycles. The van der Waals surface area contributed by atoms with Crippen LogP contribution in [0.25, 0.3) is 0 Å². The van der Waals surface area contributed by atoms with Gasteiger partial charge in [-0.3, -0.25) is 10.1 Å². The molecule has 0 aromatic carbocycles. The Labute approximate surface area is 88.1 Å². The number of carbonyl (C=O) groups excluding carboxylic acids is 1. The molecule has 2 aliphatic rings. The standard InChI is InChI=1S/C9H16N2O2S/c1-13-8(12)7-5-14-9(11-7)3-2-4-10-6-9/h7,10-11H,2-6H2,1H3/t7-,9?/m0/s1. The average molecular weight is 216 g/mol. The molecule has 4 nitrogen and oxygen atoms in total. The minimum absolute atomic E-state index is 0.0805. The lowest BCUT2D eigenvalue weighted by atomic mass is 10.1. The van der Waals surface area contributed by atoms with Crippen LogP contribution in [0.1, 0.15) is 12.8 Å². The van der Waals surface area contributed by atoms with Crippen molar-refractivity contribution in [2.45, 2.75) is 23.8 Å². The molecule has 0 aromatic rings. The number of rotatable bonds is 1. The van der Waals surface area contributed by atoms with Crippen LogP contribution in [0.15, 0.2) is 0 Å². The molecule has 2 aliphatic heterocycles. The number of piperidine rings is 1. The van der Waals surface area contributed by atoms with E-state index in [4.69, 9.17) is 4.74 Å². The SMILES string of the molecule is COC(=O)[C@@H]1CSC2(CCCNC2)N1. The molecule has 2 atom stereocenters. The first-order valence-corrected chi connectivity index (χ1v) is 5.94. The van der Waals surface area contributed by atoms with E-state index in [9.17, 15) is 4.79 Å². The smallest absolute Gasteiger partial charge is 0.323 e. The maximum absolute atomic E-state index is 11.3. The summed E-state index contributed by atoms with van der Waals surface area (Å²) in [6, 6.07) is -0.120. The van der Waals surface area contributed by atoms with Crippen LogP contribution in [0.4, 0.5) is 0 Å². The molecule has 0 amide bonds. The van der Waals surface area contributed by atoms with Gasteiger partial charge in [-0.15, -0.1) is 11.8 Å². The Hall–Kier alpha value is -0.260. The summed E-state index contributed by atoms with van der Waals surface area (Å²) in [5, 5.41) is 6.74. The summed E-state index contributed by atoms with van der Waals surface area (Å²) >= 11 is 1.84. The zero-order chi connectivity index (χ0) is 10.0. The molecule has 2 N–H and O–H groups in total. The van der Waals surface area contributed by atoms with Gasteiger partial charge in [0.15, 0.2) is 0 Å². The van der Waals surface area contributed by atoms with Gasteiger partial charge < -0.3 is 10.1 Å². The number of hydrogen-bond acceptors (Lipinski definition) is 5. The van der Waals surface area contributed by atoms with E-state index in [1.165, 1.54) is 13.5 Å². The number of nitrogens with one attached hydrogen (secondary N) is 2. The second-order valence-corrected chi connectivity index (χ2v) is 5.21. The highest BCUT2D eigenvalue weighted by atomic mass is 32.2. The fourth-order valence-electron chi connectivity index (χ4n) is 2.04. The zero-order valence-electron chi connectivity index (χ0n) is 8.34. The Morgan fingerprint density at radius 3 is 3.14 bits per heavy atom. The van der Waals surface area contributed by atoms with E-state index in [1.807, 2.05) is 11.8 Å². The van der Waals surface area contributed by atoms with E-state index >= 15 is 0 Å². The second-order valence-electron chi connectivity index (χ2n) is 3.81. The van der Waals surface area contributed by atoms with Gasteiger partial charge in [0.1, 0.15) is 6.04 Å². The molecule has 14 heavy (non-hydrogen) atoms. The summed E-state index contributed by atoms with van der Waals surface area (Å²) in [7, 11) is 1.44. The number of methoxy groups -OCH3 is 1. The van der Waals surface area contributed by atoms with Crippen LogP contribution in [0, 0.1) is 0 Å². The third-order valence-corrected chi connectivity index (χ3v) is 4.31. The van der Waals surface area contributed by atoms with E-state index in [1.54, 1.807) is 0 Å². The molecule has 2 saturated heterocycles. The van der Waals surface area contributed by atoms with Crippen molar-refractivity contribution >= 4 is 17.7 Å². The van der Waals surface area contributed by atoms with E-state index in [-0.39, 0.29) is 16.9 Å². The third-order valence-electron chi connectivity index (χ3n) is 2.79. The molecule has 0 aromatic heterocycles. The Morgan fingerprint density at radius 2 is 2.50 bits per heavy atom. The highest BCUT2D eigenvalue weighted by Gasteiger charge is 2.42. The van der Waals surface area contributed by atoms with Crippen LogP contribution in [0.3, 0.4) is 0 Å². The molecule has 1 spiro atoms. The van der Waals surface area contributed by atoms with Gasteiger partial charge in [0.05, 0.1) is 12.0 Å². The topological polar surface area (TPSA) is 50.4 Å². The third kappa shape index (κ3) is 1.89. The van der Waals surface area contributed by atoms with E-state index in [0.717, 1.165) is 25.3 Å². The lowest BCUT2D eigenvalue weighted by Gasteiger charge is -2.33. The monoisotopic (exact) mass is 216 g/mol. The number of esters is 1. The quantitative estimate of drug-likeness (QED) is 0.602. The number of hydrogen-bond donors (Lipinski definition) is 2. The van der Waals surface area contributed by atoms with Gasteiger partial charge in [0.2, 0.25) is 0 Å². The van der Waals surface area contributed by atoms with Gasteiger partial charge in [-0.1, -0.05) is 0 Å². The molecule has 0 saturated carbocycles. The predicted molar refractivity (Wildman–Crippen MR) is 56.2 cm³/mol. The summed E-state index contributed by atoms with van der Waals surface area (Å²) < 4.78 is 4.73. The molecule has 0 aliphatic carbocycles. The summed E-state index contributed by atoms with van der Waals surface area (Å²) in [4.78, 5) is 11.4. The molecule has 5 heteroatoms. The molecule has 0 bridgehead atoms. The Morgan fingerprint density at radius 1 is 1.64 bits per heavy atom. The first kappa shape index (κ1) is 10.3. The molecular weight excluding hydrogens is 200 g/mol. The second kappa shape index (κ2) is 4.08. The van der Waals surface area contributed by atoms with Gasteiger partial charge >= 0.3 is 5.97 Å². The first-order chi connectivity index (χ1) is 6.76. The zero-order valence-corrected chi connectivity index (χ0v) is 9.15. The first-order valence-electron chi connectivity index (χ1n) is 4.96. The highest BCUT2D eigenvalue weighted by Crippen LogP contribution is 2.35. The van der Waals surface area contributed by atoms with Crippen molar-refractivity contribution in [3.63, 3.8) is 0 Å². The Balaban J connectivity index is 1.95. The highest BCUT2D eigenvalue weighted by molar-refractivity contribution is 8.01. The van der Waals surface area contributed by atoms with Crippen LogP contribution in [0.5, 0.6) is 0 Å². The van der Waals surface area contributed by atoms with Crippen molar-refractivity contribution < 1.29 is 9.53 Å². The normalized spacial score (nSPS) is 37.4. The molecule has 2 fully saturated rings. The van der Waals surface area contributed by atoms with Crippen LogP contribution < -0.4 is 10.6 Å². The molecule has 1 unspecified atom stereocenters. The molecule has 80 valence electrons. The Kier molecular flexibility index (Phi) is 2.99. The van der Waals surface area contributed by atoms with Gasteiger partial charge in [-0.05, 0) is 19.4 Å². The fraction of sp³-hybridized carbons (Fsp3) is 0.889. The fourth-order valence-corrected chi connectivity index (χ4v) is 3.46. The van der Waals surface area contributed by atoms with E-state index in [2.05, 4.69) is 10.6 Å². The lowest BCUT2D eigenvalue weighted by Crippen LogP contribution is -2.53. The number of carbonyl (C=O) groups is 1. The minimum atomic E-state index is -0.139. The van der Waals surface area contributed by atoms with Crippen LogP contribution in [0.2, 0.25) is 0 Å². The maximum atomic E-state index is 11.3. The number of thioether (sulfide) groups is 1. The van der Waals surface area contributed by atoms with Crippen LogP contribution in [-0.4, -0.2) is 42.8 Å². The molecular formula is C9H16N2O2S. The van der Waals surface area contributed by atoms with Crippen LogP contribution in [-0.2, 0) is 9.53 Å². The van der Waals surface area contributed by atoms with Gasteiger partial charge in [0.25, 0.3) is 0 Å². The van der Waals surface area contributed by atoms with Gasteiger partial charge in [0, 0.05) is 12.3 Å². The van der Waals surface area contributed by atoms with E-state index < -0.39 is 0 Å². The van der Waals surface area contributed by atoms with Gasteiger partial charge in [-0.25, -0.2) is 0 Å². The maximum Gasteiger partial charge on any atom is 0.323 e.